The quantitative estimate of drug-likeness (QED) is 0.319. The third-order valence-corrected chi connectivity index (χ3v) is 5.05. The number of nitrogens with one attached hydrogen (secondary N) is 2. The van der Waals surface area contributed by atoms with E-state index in [1.54, 1.807) is 25.6 Å². The number of ether oxygens (including phenoxy) is 1. The van der Waals surface area contributed by atoms with Crippen LogP contribution in [-0.4, -0.2) is 35.0 Å². The van der Waals surface area contributed by atoms with Crippen molar-refractivity contribution in [2.75, 3.05) is 19.5 Å². The second-order valence-electron chi connectivity index (χ2n) is 7.03. The van der Waals surface area contributed by atoms with Gasteiger partial charge in [-0.1, -0.05) is 0 Å². The van der Waals surface area contributed by atoms with Gasteiger partial charge < -0.3 is 20.8 Å². The van der Waals surface area contributed by atoms with Crippen molar-refractivity contribution in [2.45, 2.75) is 0 Å². The molecule has 0 atom stereocenters. The van der Waals surface area contributed by atoms with Crippen LogP contribution in [0, 0.1) is 11.3 Å². The normalized spacial score (nSPS) is 11.2. The van der Waals surface area contributed by atoms with Crippen LogP contribution >= 0.6 is 0 Å². The van der Waals surface area contributed by atoms with E-state index in [4.69, 9.17) is 15.7 Å². The predicted molar refractivity (Wildman–Crippen MR) is 124 cm³/mol. The number of primary amides is 1. The molecule has 8 heteroatoms. The van der Waals surface area contributed by atoms with E-state index in [1.807, 2.05) is 49.6 Å². The lowest BCUT2D eigenvalue weighted by atomic mass is 10.00. The second kappa shape index (κ2) is 8.62. The summed E-state index contributed by atoms with van der Waals surface area (Å²) in [7, 11) is 3.38. The lowest BCUT2D eigenvalue weighted by molar-refractivity contribution is -0.114. The molecule has 0 unspecified atom stereocenters. The number of nitriles is 1. The maximum atomic E-state index is 11.5. The van der Waals surface area contributed by atoms with Crippen LogP contribution in [-0.2, 0) is 4.79 Å². The molecule has 0 saturated carbocycles. The van der Waals surface area contributed by atoms with Gasteiger partial charge in [0.05, 0.1) is 7.11 Å². The standard InChI is InChI=1S/C24H20N6O2/c1-27-22-10-15(3-4-28-22)21-13-30-24-20(21)9-18(12-29-24)16-5-14(7-19(8-16)32-2)6-17(11-25)23(26)31/h3-10,12-13H,1-2H3,(H2,26,31)(H,27,28)(H,29,30). The van der Waals surface area contributed by atoms with Crippen molar-refractivity contribution in [2.24, 2.45) is 5.73 Å². The zero-order chi connectivity index (χ0) is 22.7. The maximum absolute atomic E-state index is 11.5. The molecule has 8 nitrogen and oxygen atoms in total. The third kappa shape index (κ3) is 4.00. The number of aromatic nitrogens is 3. The number of rotatable bonds is 6. The Balaban J connectivity index is 1.84. The van der Waals surface area contributed by atoms with Gasteiger partial charge >= 0.3 is 0 Å². The molecule has 0 aliphatic heterocycles. The Bertz CT molecular complexity index is 1400. The number of amides is 1. The van der Waals surface area contributed by atoms with Crippen LogP contribution in [0.25, 0.3) is 39.4 Å². The van der Waals surface area contributed by atoms with Gasteiger partial charge in [0.25, 0.3) is 5.91 Å². The van der Waals surface area contributed by atoms with Crippen LogP contribution in [0.3, 0.4) is 0 Å². The molecule has 0 spiro atoms. The summed E-state index contributed by atoms with van der Waals surface area (Å²) in [5.41, 5.74) is 10.2. The fourth-order valence-corrected chi connectivity index (χ4v) is 3.45. The molecular formula is C24H20N6O2. The van der Waals surface area contributed by atoms with Crippen LogP contribution < -0.4 is 15.8 Å². The molecule has 0 aliphatic carbocycles. The molecule has 0 radical (unpaired) electrons. The molecule has 4 N–H and O–H groups in total. The Hall–Kier alpha value is -4.64. The molecule has 0 bridgehead atoms. The van der Waals surface area contributed by atoms with E-state index in [-0.39, 0.29) is 5.57 Å². The van der Waals surface area contributed by atoms with E-state index in [0.29, 0.717) is 11.3 Å². The Morgan fingerprint density at radius 3 is 2.75 bits per heavy atom. The average Bonchev–Trinajstić information content (AvgIpc) is 3.25. The summed E-state index contributed by atoms with van der Waals surface area (Å²) in [6.07, 6.45) is 6.87. The van der Waals surface area contributed by atoms with Gasteiger partial charge in [-0.05, 0) is 59.2 Å². The molecule has 158 valence electrons. The van der Waals surface area contributed by atoms with Crippen molar-refractivity contribution in [3.8, 4) is 34.1 Å². The summed E-state index contributed by atoms with van der Waals surface area (Å²) in [6, 6.07) is 13.2. The lowest BCUT2D eigenvalue weighted by Gasteiger charge is -2.09. The molecule has 1 aromatic carbocycles. The van der Waals surface area contributed by atoms with E-state index in [0.717, 1.165) is 39.1 Å². The maximum Gasteiger partial charge on any atom is 0.259 e. The van der Waals surface area contributed by atoms with Crippen molar-refractivity contribution >= 4 is 28.8 Å². The smallest absolute Gasteiger partial charge is 0.259 e. The van der Waals surface area contributed by atoms with Gasteiger partial charge in [-0.25, -0.2) is 9.97 Å². The molecule has 1 amide bonds. The Morgan fingerprint density at radius 2 is 2.03 bits per heavy atom. The molecule has 3 aromatic heterocycles. The predicted octanol–water partition coefficient (Wildman–Crippen LogP) is 3.73. The molecule has 3 heterocycles. The molecule has 0 aliphatic rings. The highest BCUT2D eigenvalue weighted by molar-refractivity contribution is 6.01. The highest BCUT2D eigenvalue weighted by Gasteiger charge is 2.12. The average molecular weight is 424 g/mol. The molecule has 4 rings (SSSR count). The molecule has 4 aromatic rings. The van der Waals surface area contributed by atoms with Crippen LogP contribution in [0.2, 0.25) is 0 Å². The van der Waals surface area contributed by atoms with Gasteiger partial charge in [-0.3, -0.25) is 4.79 Å². The fourth-order valence-electron chi connectivity index (χ4n) is 3.45. The molecule has 32 heavy (non-hydrogen) atoms. The topological polar surface area (TPSA) is 130 Å². The number of fused-ring (bicyclic) bond motifs is 1. The number of carbonyl (C=O) groups excluding carboxylic acids is 1. The minimum absolute atomic E-state index is 0.135. The minimum Gasteiger partial charge on any atom is -0.497 e. The first-order valence-electron chi connectivity index (χ1n) is 9.74. The molecule has 0 saturated heterocycles. The van der Waals surface area contributed by atoms with E-state index in [2.05, 4.69) is 20.3 Å². The van der Waals surface area contributed by atoms with Gasteiger partial charge in [0.15, 0.2) is 0 Å². The minimum atomic E-state index is -0.782. The van der Waals surface area contributed by atoms with E-state index >= 15 is 0 Å². The highest BCUT2D eigenvalue weighted by Crippen LogP contribution is 2.33. The molecular weight excluding hydrogens is 404 g/mol. The van der Waals surface area contributed by atoms with Crippen molar-refractivity contribution in [1.29, 1.82) is 5.26 Å². The monoisotopic (exact) mass is 424 g/mol. The zero-order valence-corrected chi connectivity index (χ0v) is 17.5. The summed E-state index contributed by atoms with van der Waals surface area (Å²) in [5.74, 6) is 0.570. The SMILES string of the molecule is CNc1cc(-c2c[nH]c3ncc(-c4cc(C=C(C#N)C(N)=O)cc(OC)c4)cc23)ccn1. The number of pyridine rings is 2. The summed E-state index contributed by atoms with van der Waals surface area (Å²) >= 11 is 0. The summed E-state index contributed by atoms with van der Waals surface area (Å²) in [5, 5.41) is 13.2. The second-order valence-corrected chi connectivity index (χ2v) is 7.03. The summed E-state index contributed by atoms with van der Waals surface area (Å²) in [6.45, 7) is 0. The van der Waals surface area contributed by atoms with Crippen LogP contribution in [0.4, 0.5) is 5.82 Å². The number of nitrogens with zero attached hydrogens (tertiary/aromatic N) is 3. The number of aromatic amines is 1. The number of hydrogen-bond acceptors (Lipinski definition) is 6. The van der Waals surface area contributed by atoms with Crippen LogP contribution in [0.15, 0.2) is 60.6 Å². The largest absolute Gasteiger partial charge is 0.497 e. The zero-order valence-electron chi connectivity index (χ0n) is 17.5. The van der Waals surface area contributed by atoms with E-state index in [9.17, 15) is 4.79 Å². The number of methoxy groups -OCH3 is 1. The molecule has 0 fully saturated rings. The number of carbonyl (C=O) groups is 1. The first-order valence-corrected chi connectivity index (χ1v) is 9.74. The third-order valence-electron chi connectivity index (χ3n) is 5.05. The van der Waals surface area contributed by atoms with Gasteiger partial charge in [-0.2, -0.15) is 5.26 Å². The number of anilines is 1. The van der Waals surface area contributed by atoms with E-state index < -0.39 is 5.91 Å². The number of hydrogen-bond donors (Lipinski definition) is 3. The summed E-state index contributed by atoms with van der Waals surface area (Å²) < 4.78 is 5.41. The van der Waals surface area contributed by atoms with E-state index in [1.165, 1.54) is 6.08 Å². The Kier molecular flexibility index (Phi) is 5.55. The first-order chi connectivity index (χ1) is 15.5. The fraction of sp³-hybridized carbons (Fsp3) is 0.0833. The number of H-pyrrole nitrogens is 1. The number of nitrogens with two attached hydrogens (primary N) is 1. The van der Waals surface area contributed by atoms with Crippen LogP contribution in [0.1, 0.15) is 5.56 Å². The Morgan fingerprint density at radius 1 is 1.19 bits per heavy atom. The van der Waals surface area contributed by atoms with Crippen molar-refractivity contribution < 1.29 is 9.53 Å². The van der Waals surface area contributed by atoms with Crippen molar-refractivity contribution in [3.05, 3.63) is 66.1 Å². The summed E-state index contributed by atoms with van der Waals surface area (Å²) in [4.78, 5) is 23.5. The van der Waals surface area contributed by atoms with Crippen molar-refractivity contribution in [3.63, 3.8) is 0 Å². The van der Waals surface area contributed by atoms with Crippen LogP contribution in [0.5, 0.6) is 5.75 Å². The van der Waals surface area contributed by atoms with Gasteiger partial charge in [0.2, 0.25) is 0 Å². The Labute approximate surface area is 184 Å². The van der Waals surface area contributed by atoms with Gasteiger partial charge in [0, 0.05) is 42.2 Å². The number of benzene rings is 1. The first kappa shape index (κ1) is 20.6. The van der Waals surface area contributed by atoms with Gasteiger partial charge in [-0.15, -0.1) is 0 Å². The van der Waals surface area contributed by atoms with Crippen molar-refractivity contribution in [1.82, 2.24) is 15.0 Å². The van der Waals surface area contributed by atoms with Gasteiger partial charge in [0.1, 0.15) is 28.9 Å². The highest BCUT2D eigenvalue weighted by atomic mass is 16.5. The lowest BCUT2D eigenvalue weighted by Crippen LogP contribution is -2.12.